The van der Waals surface area contributed by atoms with Gasteiger partial charge in [-0.3, -0.25) is 0 Å². The van der Waals surface area contributed by atoms with Gasteiger partial charge in [-0.05, 0) is 44.5 Å². The highest BCUT2D eigenvalue weighted by Gasteiger charge is 2.35. The molecule has 1 N–H and O–H groups in total. The summed E-state index contributed by atoms with van der Waals surface area (Å²) in [5.74, 6) is -0.376. The molecule has 0 fully saturated rings. The number of hydrogen-bond donors (Lipinski definition) is 1. The Morgan fingerprint density at radius 2 is 1.88 bits per heavy atom. The summed E-state index contributed by atoms with van der Waals surface area (Å²) in [4.78, 5) is -0.301. The van der Waals surface area contributed by atoms with Crippen molar-refractivity contribution in [1.82, 2.24) is 14.9 Å². The van der Waals surface area contributed by atoms with Crippen molar-refractivity contribution in [1.29, 1.82) is 0 Å². The van der Waals surface area contributed by atoms with Crippen molar-refractivity contribution in [3.05, 3.63) is 39.3 Å². The molecule has 0 aliphatic carbocycles. The van der Waals surface area contributed by atoms with Crippen molar-refractivity contribution in [2.75, 3.05) is 0 Å². The Labute approximate surface area is 152 Å². The van der Waals surface area contributed by atoms with E-state index in [2.05, 4.69) is 14.9 Å². The van der Waals surface area contributed by atoms with E-state index >= 15 is 0 Å². The largest absolute Gasteiger partial charge is 0.416 e. The fourth-order valence-corrected chi connectivity index (χ4v) is 4.82. The highest BCUT2D eigenvalue weighted by atomic mass is 35.5. The van der Waals surface area contributed by atoms with Gasteiger partial charge in [-0.2, -0.15) is 17.9 Å². The van der Waals surface area contributed by atoms with Gasteiger partial charge < -0.3 is 0 Å². The summed E-state index contributed by atoms with van der Waals surface area (Å²) in [5.41, 5.74) is -2.17. The van der Waals surface area contributed by atoms with Crippen LogP contribution in [0.15, 0.2) is 23.1 Å². The van der Waals surface area contributed by atoms with Crippen LogP contribution < -0.4 is 4.72 Å². The molecule has 0 saturated carbocycles. The van der Waals surface area contributed by atoms with Gasteiger partial charge in [0, 0.05) is 5.88 Å². The van der Waals surface area contributed by atoms with Crippen LogP contribution in [-0.4, -0.2) is 18.6 Å². The Hall–Kier alpha value is -1.23. The monoisotopic (exact) mass is 413 g/mol. The van der Waals surface area contributed by atoms with Crippen molar-refractivity contribution < 1.29 is 21.6 Å². The Kier molecular flexibility index (Phi) is 5.48. The molecule has 11 heteroatoms. The van der Waals surface area contributed by atoms with Gasteiger partial charge in [-0.25, -0.2) is 8.42 Å². The zero-order valence-electron chi connectivity index (χ0n) is 13.5. The summed E-state index contributed by atoms with van der Waals surface area (Å²) in [6, 6.07) is 2.36. The predicted molar refractivity (Wildman–Crippen MR) is 89.0 cm³/mol. The van der Waals surface area contributed by atoms with Gasteiger partial charge >= 0.3 is 6.18 Å². The van der Waals surface area contributed by atoms with Crippen LogP contribution in [0.4, 0.5) is 13.2 Å². The van der Waals surface area contributed by atoms with Crippen LogP contribution in [0.3, 0.4) is 0 Å². The van der Waals surface area contributed by atoms with Crippen LogP contribution in [0.2, 0.25) is 0 Å². The molecule has 2 aromatic rings. The molecule has 1 aromatic carbocycles. The fourth-order valence-electron chi connectivity index (χ4n) is 2.11. The van der Waals surface area contributed by atoms with Crippen LogP contribution >= 0.6 is 22.9 Å². The summed E-state index contributed by atoms with van der Waals surface area (Å²) >= 11 is 6.89. The lowest BCUT2D eigenvalue weighted by Crippen LogP contribution is -2.41. The lowest BCUT2D eigenvalue weighted by molar-refractivity contribution is -0.137. The molecule has 0 saturated heterocycles. The van der Waals surface area contributed by atoms with E-state index in [-0.39, 0.29) is 16.3 Å². The first-order valence-electron chi connectivity index (χ1n) is 6.97. The molecular formula is C14H15ClF3N3O2S2. The second kappa shape index (κ2) is 6.82. The number of aryl methyl sites for hydroxylation is 1. The second-order valence-electron chi connectivity index (χ2n) is 5.81. The van der Waals surface area contributed by atoms with E-state index in [0.29, 0.717) is 16.1 Å². The van der Waals surface area contributed by atoms with E-state index in [1.165, 1.54) is 11.3 Å². The Morgan fingerprint density at radius 3 is 2.36 bits per heavy atom. The van der Waals surface area contributed by atoms with E-state index in [9.17, 15) is 21.6 Å². The molecular weight excluding hydrogens is 399 g/mol. The molecule has 0 amide bonds. The first-order chi connectivity index (χ1) is 11.4. The van der Waals surface area contributed by atoms with Crippen LogP contribution in [0.5, 0.6) is 0 Å². The highest BCUT2D eigenvalue weighted by molar-refractivity contribution is 7.89. The van der Waals surface area contributed by atoms with Gasteiger partial charge in [0.25, 0.3) is 0 Å². The van der Waals surface area contributed by atoms with Crippen molar-refractivity contribution in [2.24, 2.45) is 0 Å². The van der Waals surface area contributed by atoms with Crippen LogP contribution in [0, 0.1) is 6.92 Å². The summed E-state index contributed by atoms with van der Waals surface area (Å²) in [6.45, 7) is 4.91. The zero-order chi connectivity index (χ0) is 19.0. The molecule has 1 aromatic heterocycles. The zero-order valence-corrected chi connectivity index (χ0v) is 15.9. The van der Waals surface area contributed by atoms with E-state index in [1.54, 1.807) is 20.8 Å². The maximum Gasteiger partial charge on any atom is 0.416 e. The number of sulfonamides is 1. The Balaban J connectivity index is 2.42. The summed E-state index contributed by atoms with van der Waals surface area (Å²) < 4.78 is 66.2. The number of aromatic nitrogens is 2. The minimum Gasteiger partial charge on any atom is -0.207 e. The minimum absolute atomic E-state index is 0.131. The number of alkyl halides is 4. The average molecular weight is 414 g/mol. The third-order valence-corrected chi connectivity index (χ3v) is 6.48. The van der Waals surface area contributed by atoms with Crippen molar-refractivity contribution in [3.8, 4) is 0 Å². The van der Waals surface area contributed by atoms with Crippen LogP contribution in [0.1, 0.15) is 35.0 Å². The predicted octanol–water partition coefficient (Wildman–Crippen LogP) is 3.82. The Bertz CT molecular complexity index is 880. The number of nitrogens with zero attached hydrogens (tertiary/aromatic N) is 2. The lowest BCUT2D eigenvalue weighted by atomic mass is 10.1. The molecule has 138 valence electrons. The molecule has 5 nitrogen and oxygen atoms in total. The summed E-state index contributed by atoms with van der Waals surface area (Å²) in [7, 11) is -4.12. The topological polar surface area (TPSA) is 72.0 Å². The maximum atomic E-state index is 12.8. The molecule has 0 bridgehead atoms. The smallest absolute Gasteiger partial charge is 0.207 e. The fraction of sp³-hybridized carbons (Fsp3) is 0.429. The molecule has 1 heterocycles. The van der Waals surface area contributed by atoms with Crippen LogP contribution in [0.25, 0.3) is 0 Å². The van der Waals surface area contributed by atoms with E-state index in [4.69, 9.17) is 11.6 Å². The number of halogens is 4. The van der Waals surface area contributed by atoms with Gasteiger partial charge in [0.15, 0.2) is 0 Å². The quantitative estimate of drug-likeness (QED) is 0.756. The van der Waals surface area contributed by atoms with Crippen LogP contribution in [-0.2, 0) is 27.6 Å². The molecule has 0 spiro atoms. The third kappa shape index (κ3) is 4.49. The maximum absolute atomic E-state index is 12.8. The van der Waals surface area contributed by atoms with E-state index in [0.717, 1.165) is 12.1 Å². The normalized spacial score (nSPS) is 13.2. The van der Waals surface area contributed by atoms with Gasteiger partial charge in [0.05, 0.1) is 16.0 Å². The van der Waals surface area contributed by atoms with Crippen molar-refractivity contribution >= 4 is 33.0 Å². The molecule has 0 aliphatic rings. The Morgan fingerprint density at radius 1 is 1.24 bits per heavy atom. The van der Waals surface area contributed by atoms with Gasteiger partial charge in [-0.1, -0.05) is 11.3 Å². The van der Waals surface area contributed by atoms with E-state index < -0.39 is 27.3 Å². The number of rotatable bonds is 5. The lowest BCUT2D eigenvalue weighted by Gasteiger charge is -2.24. The van der Waals surface area contributed by atoms with Crippen molar-refractivity contribution in [3.63, 3.8) is 0 Å². The van der Waals surface area contributed by atoms with Gasteiger partial charge in [0.1, 0.15) is 10.0 Å². The molecule has 0 radical (unpaired) electrons. The summed E-state index contributed by atoms with van der Waals surface area (Å²) in [6.07, 6.45) is -4.58. The minimum atomic E-state index is -4.58. The van der Waals surface area contributed by atoms with Gasteiger partial charge in [0.2, 0.25) is 10.0 Å². The number of benzene rings is 1. The van der Waals surface area contributed by atoms with E-state index in [1.807, 2.05) is 0 Å². The van der Waals surface area contributed by atoms with Crippen molar-refractivity contribution in [2.45, 2.75) is 43.3 Å². The first-order valence-corrected chi connectivity index (χ1v) is 9.81. The third-order valence-electron chi connectivity index (χ3n) is 3.27. The second-order valence-corrected chi connectivity index (χ2v) is 8.91. The SMILES string of the molecule is Cc1nnc(C(C)(C)NS(=O)(=O)c2ccc(C(F)(F)F)cc2CCl)s1. The first kappa shape index (κ1) is 20.1. The molecule has 2 rings (SSSR count). The average Bonchev–Trinajstić information content (AvgIpc) is 2.92. The van der Waals surface area contributed by atoms with Gasteiger partial charge in [-0.15, -0.1) is 21.8 Å². The molecule has 0 unspecified atom stereocenters. The molecule has 0 atom stereocenters. The molecule has 25 heavy (non-hydrogen) atoms. The number of hydrogen-bond acceptors (Lipinski definition) is 5. The summed E-state index contributed by atoms with van der Waals surface area (Å²) in [5, 5.41) is 8.87. The number of nitrogens with one attached hydrogen (secondary N) is 1. The highest BCUT2D eigenvalue weighted by Crippen LogP contribution is 2.33. The standard InChI is InChI=1S/C14H15ClF3N3O2S2/c1-8-19-20-12(24-8)13(2,3)21-25(22,23)11-5-4-10(14(16,17)18)6-9(11)7-15/h4-6,21H,7H2,1-3H3. The molecule has 0 aliphatic heterocycles.